The number of amides is 4. The maximum atomic E-state index is 15.1. The highest BCUT2D eigenvalue weighted by Gasteiger charge is 2.46. The van der Waals surface area contributed by atoms with Crippen molar-refractivity contribution < 1.29 is 19.2 Å². The maximum Gasteiger partial charge on any atom is 0.262 e. The summed E-state index contributed by atoms with van der Waals surface area (Å²) in [5.74, 6) is -2.50. The lowest BCUT2D eigenvalue weighted by Gasteiger charge is -2.35. The van der Waals surface area contributed by atoms with Crippen LogP contribution in [0.2, 0.25) is 0 Å². The van der Waals surface area contributed by atoms with Crippen LogP contribution in [0.1, 0.15) is 193 Å². The van der Waals surface area contributed by atoms with Crippen molar-refractivity contribution in [1.29, 1.82) is 21.0 Å². The number of nitriles is 4. The quantitative estimate of drug-likeness (QED) is 0.0626. The van der Waals surface area contributed by atoms with Crippen molar-refractivity contribution in [2.45, 2.75) is 130 Å². The van der Waals surface area contributed by atoms with Crippen molar-refractivity contribution >= 4 is 77.2 Å². The summed E-state index contributed by atoms with van der Waals surface area (Å²) in [7, 11) is 0. The fourth-order valence-electron chi connectivity index (χ4n) is 9.06. The summed E-state index contributed by atoms with van der Waals surface area (Å²) in [4.78, 5) is 62.8. The first-order chi connectivity index (χ1) is 28.2. The molecule has 58 heavy (non-hydrogen) atoms. The van der Waals surface area contributed by atoms with Crippen LogP contribution in [-0.4, -0.2) is 46.5 Å². The van der Waals surface area contributed by atoms with Crippen molar-refractivity contribution in [3.63, 3.8) is 0 Å². The molecule has 10 nitrogen and oxygen atoms in total. The van der Waals surface area contributed by atoms with Gasteiger partial charge in [0.05, 0.1) is 42.8 Å². The van der Waals surface area contributed by atoms with E-state index in [0.717, 1.165) is 125 Å². The molecule has 2 atom stereocenters. The number of benzene rings is 2. The zero-order valence-electron chi connectivity index (χ0n) is 34.0. The van der Waals surface area contributed by atoms with Gasteiger partial charge in [-0.25, -0.2) is 0 Å². The van der Waals surface area contributed by atoms with Gasteiger partial charge in [0.2, 0.25) is 0 Å². The minimum absolute atomic E-state index is 0.00440. The van der Waals surface area contributed by atoms with Crippen molar-refractivity contribution in [3.05, 3.63) is 43.1 Å². The summed E-state index contributed by atoms with van der Waals surface area (Å²) >= 11 is 1.87. The zero-order chi connectivity index (χ0) is 41.7. The van der Waals surface area contributed by atoms with Gasteiger partial charge in [0.15, 0.2) is 0 Å². The van der Waals surface area contributed by atoms with Gasteiger partial charge < -0.3 is 0 Å². The maximum absolute atomic E-state index is 15.1. The molecule has 2 aliphatic rings. The average Bonchev–Trinajstić information content (AvgIpc) is 3.80. The van der Waals surface area contributed by atoms with Crippen LogP contribution in [0.15, 0.2) is 0 Å². The first-order valence-corrected chi connectivity index (χ1v) is 22.7. The van der Waals surface area contributed by atoms with E-state index in [9.17, 15) is 21.0 Å². The number of hydrogen-bond acceptors (Lipinski definition) is 10. The summed E-state index contributed by atoms with van der Waals surface area (Å²) in [5.41, 5.74) is 0.0166. The molecule has 2 aromatic carbocycles. The first kappa shape index (κ1) is 42.5. The molecule has 12 heteroatoms. The van der Waals surface area contributed by atoms with E-state index in [1.807, 2.05) is 0 Å². The Kier molecular flexibility index (Phi) is 13.6. The summed E-state index contributed by atoms with van der Waals surface area (Å²) < 4.78 is 0.466. The molecule has 0 spiro atoms. The smallest absolute Gasteiger partial charge is 0.262 e. The number of imide groups is 2. The molecule has 2 aliphatic heterocycles. The standard InChI is InChI=1S/C46H50N6O4S2/c1-5-9-13-15-19-27(17-11-7-3)25-51-43(53)37-33-29(21-47)31(23-49)58-42(33)40-36-35(37)39(45(51)55)41-34(30(22-48)32(24-50)57-41)38(36)44(54)52(46(40)56)26-28(18-12-8-4)20-16-14-10-6-2/h27-28H,5-20,25-26H2,1-4H3. The fraction of sp³-hybridized carbons (Fsp3) is 0.522. The summed E-state index contributed by atoms with van der Waals surface area (Å²) in [6, 6.07) is 8.49. The highest BCUT2D eigenvalue weighted by atomic mass is 32.1. The van der Waals surface area contributed by atoms with Crippen molar-refractivity contribution in [2.75, 3.05) is 13.1 Å². The predicted molar refractivity (Wildman–Crippen MR) is 228 cm³/mol. The molecular formula is C46H50N6O4S2. The SMILES string of the molecule is CCCCCCC(CCCC)CN1C(=O)c2c3sc(C#N)c(C#N)c3c3c4c(c5sc(C#N)c(C#N)c5c(c24)C1=O)C(=O)N(CC(CCCC)CCCCCC)C3=O. The Morgan fingerprint density at radius 1 is 0.448 bits per heavy atom. The van der Waals surface area contributed by atoms with Gasteiger partial charge >= 0.3 is 0 Å². The number of fused-ring (bicyclic) bond motifs is 6. The number of unbranched alkanes of at least 4 members (excludes halogenated alkanes) is 8. The number of nitrogens with zero attached hydrogens (tertiary/aromatic N) is 6. The minimum Gasteiger partial charge on any atom is -0.274 e. The van der Waals surface area contributed by atoms with E-state index < -0.39 is 23.6 Å². The van der Waals surface area contributed by atoms with Crippen LogP contribution in [0.3, 0.4) is 0 Å². The van der Waals surface area contributed by atoms with Gasteiger partial charge in [-0.2, -0.15) is 21.0 Å². The van der Waals surface area contributed by atoms with Crippen LogP contribution in [0.25, 0.3) is 30.9 Å². The van der Waals surface area contributed by atoms with E-state index in [4.69, 9.17) is 0 Å². The second-order valence-corrected chi connectivity index (χ2v) is 17.9. The molecule has 0 N–H and O–H groups in total. The van der Waals surface area contributed by atoms with Crippen molar-refractivity contribution in [2.24, 2.45) is 11.8 Å². The molecule has 0 aliphatic carbocycles. The molecule has 0 saturated heterocycles. The van der Waals surface area contributed by atoms with Crippen molar-refractivity contribution in [1.82, 2.24) is 9.80 Å². The van der Waals surface area contributed by atoms with Gasteiger partial charge in [-0.15, -0.1) is 22.7 Å². The van der Waals surface area contributed by atoms with Crippen LogP contribution >= 0.6 is 22.7 Å². The molecule has 0 radical (unpaired) electrons. The predicted octanol–water partition coefficient (Wildman–Crippen LogP) is 11.5. The Labute approximate surface area is 348 Å². The molecule has 6 rings (SSSR count). The lowest BCUT2D eigenvalue weighted by molar-refractivity contribution is 0.0560. The van der Waals surface area contributed by atoms with E-state index in [2.05, 4.69) is 52.0 Å². The third-order valence-electron chi connectivity index (χ3n) is 12.0. The monoisotopic (exact) mass is 814 g/mol. The lowest BCUT2D eigenvalue weighted by Crippen LogP contribution is -2.46. The van der Waals surface area contributed by atoms with E-state index in [0.29, 0.717) is 0 Å². The Balaban J connectivity index is 1.66. The number of hydrogen-bond donors (Lipinski definition) is 0. The molecule has 0 saturated carbocycles. The Hall–Kier alpha value is -5.14. The Bertz CT molecular complexity index is 2310. The van der Waals surface area contributed by atoms with E-state index >= 15 is 19.2 Å². The van der Waals surface area contributed by atoms with Crippen LogP contribution < -0.4 is 0 Å². The minimum atomic E-state index is -0.639. The van der Waals surface area contributed by atoms with Gasteiger partial charge in [0.1, 0.15) is 34.0 Å². The van der Waals surface area contributed by atoms with Gasteiger partial charge in [-0.3, -0.25) is 29.0 Å². The number of carbonyl (C=O) groups is 4. The summed E-state index contributed by atoms with van der Waals surface area (Å²) in [6.45, 7) is 8.73. The third kappa shape index (κ3) is 7.38. The largest absolute Gasteiger partial charge is 0.274 e. The topological polar surface area (TPSA) is 170 Å². The second kappa shape index (κ2) is 18.6. The molecule has 0 fully saturated rings. The summed E-state index contributed by atoms with van der Waals surface area (Å²) in [6.07, 6.45) is 15.2. The zero-order valence-corrected chi connectivity index (χ0v) is 35.6. The highest BCUT2D eigenvalue weighted by molar-refractivity contribution is 7.21. The van der Waals surface area contributed by atoms with Gasteiger partial charge in [0.25, 0.3) is 23.6 Å². The second-order valence-electron chi connectivity index (χ2n) is 15.9. The molecule has 300 valence electrons. The van der Waals surface area contributed by atoms with Crippen LogP contribution in [-0.2, 0) is 0 Å². The first-order valence-electron chi connectivity index (χ1n) is 21.1. The summed E-state index contributed by atoms with van der Waals surface area (Å²) in [5, 5.41) is 42.2. The normalized spacial score (nSPS) is 14.6. The number of rotatable bonds is 20. The van der Waals surface area contributed by atoms with Gasteiger partial charge in [-0.05, 0) is 37.5 Å². The Morgan fingerprint density at radius 2 is 0.793 bits per heavy atom. The molecule has 4 amide bonds. The molecule has 4 aromatic rings. The van der Waals surface area contributed by atoms with E-state index in [-0.39, 0.29) is 99.0 Å². The van der Waals surface area contributed by atoms with Gasteiger partial charge in [-0.1, -0.05) is 105 Å². The molecule has 0 bridgehead atoms. The molecular weight excluding hydrogens is 765 g/mol. The molecule has 2 unspecified atom stereocenters. The highest BCUT2D eigenvalue weighted by Crippen LogP contribution is 2.52. The van der Waals surface area contributed by atoms with Crippen LogP contribution in [0.5, 0.6) is 0 Å². The van der Waals surface area contributed by atoms with Gasteiger partial charge in [0, 0.05) is 34.6 Å². The molecule has 4 heterocycles. The van der Waals surface area contributed by atoms with Crippen LogP contribution in [0, 0.1) is 57.2 Å². The Morgan fingerprint density at radius 3 is 1.12 bits per heavy atom. The number of carbonyl (C=O) groups excluding carboxylic acids is 4. The number of thiophene rings is 2. The fourth-order valence-corrected chi connectivity index (χ4v) is 11.3. The lowest BCUT2D eigenvalue weighted by atomic mass is 9.80. The van der Waals surface area contributed by atoms with Crippen molar-refractivity contribution in [3.8, 4) is 24.3 Å². The average molecular weight is 815 g/mol. The van der Waals surface area contributed by atoms with E-state index in [1.54, 1.807) is 0 Å². The van der Waals surface area contributed by atoms with E-state index in [1.165, 1.54) is 9.80 Å². The molecule has 2 aromatic heterocycles. The van der Waals surface area contributed by atoms with Crippen LogP contribution in [0.4, 0.5) is 0 Å². The third-order valence-corrected chi connectivity index (χ3v) is 14.3.